The van der Waals surface area contributed by atoms with Gasteiger partial charge >= 0.3 is 5.97 Å². The highest BCUT2D eigenvalue weighted by Crippen LogP contribution is 2.18. The van der Waals surface area contributed by atoms with Gasteiger partial charge in [0.05, 0.1) is 12.2 Å². The Kier molecular flexibility index (Phi) is 6.37. The van der Waals surface area contributed by atoms with Gasteiger partial charge in [-0.25, -0.2) is 4.79 Å². The molecule has 0 unspecified atom stereocenters. The largest absolute Gasteiger partial charge is 0.481 e. The number of nitrogens with one attached hydrogen (secondary N) is 1. The minimum atomic E-state index is -0.717. The number of halogens is 1. The standard InChI is InChI=1S/C18H18BrNO4/c1-3-23-18(22)13-5-4-6-16(11-13)24-12(2)17(21)20-15-9-7-14(19)8-10-15/h4-12H,3H2,1-2H3,(H,20,21)/t12-/m1/s1. The number of benzene rings is 2. The van der Waals surface area contributed by atoms with Crippen molar-refractivity contribution in [1.29, 1.82) is 0 Å². The summed E-state index contributed by atoms with van der Waals surface area (Å²) in [6, 6.07) is 13.8. The van der Waals surface area contributed by atoms with Crippen molar-refractivity contribution < 1.29 is 19.1 Å². The molecule has 2 aromatic rings. The fraction of sp³-hybridized carbons (Fsp3) is 0.222. The second kappa shape index (κ2) is 8.49. The van der Waals surface area contributed by atoms with E-state index in [9.17, 15) is 9.59 Å². The topological polar surface area (TPSA) is 64.6 Å². The maximum Gasteiger partial charge on any atom is 0.338 e. The summed E-state index contributed by atoms with van der Waals surface area (Å²) in [7, 11) is 0. The van der Waals surface area contributed by atoms with E-state index in [1.54, 1.807) is 50.2 Å². The van der Waals surface area contributed by atoms with E-state index in [1.165, 1.54) is 0 Å². The van der Waals surface area contributed by atoms with E-state index in [0.29, 0.717) is 23.6 Å². The first-order chi connectivity index (χ1) is 11.5. The summed E-state index contributed by atoms with van der Waals surface area (Å²) in [6.07, 6.45) is -0.717. The molecule has 0 saturated heterocycles. The second-order valence-corrected chi connectivity index (χ2v) is 5.92. The summed E-state index contributed by atoms with van der Waals surface area (Å²) in [6.45, 7) is 3.69. The molecule has 0 aliphatic rings. The number of carbonyl (C=O) groups is 2. The molecule has 0 spiro atoms. The predicted octanol–water partition coefficient (Wildman–Crippen LogP) is 4.03. The molecule has 0 fully saturated rings. The number of amides is 1. The van der Waals surface area contributed by atoms with Crippen LogP contribution in [0.3, 0.4) is 0 Å². The zero-order valence-electron chi connectivity index (χ0n) is 13.4. The van der Waals surface area contributed by atoms with Gasteiger partial charge in [-0.3, -0.25) is 4.79 Å². The molecular formula is C18H18BrNO4. The number of esters is 1. The molecule has 1 amide bonds. The summed E-state index contributed by atoms with van der Waals surface area (Å²) in [5.74, 6) is -0.271. The molecular weight excluding hydrogens is 374 g/mol. The summed E-state index contributed by atoms with van der Waals surface area (Å²) in [4.78, 5) is 23.9. The molecule has 126 valence electrons. The van der Waals surface area contributed by atoms with E-state index in [0.717, 1.165) is 4.47 Å². The number of anilines is 1. The van der Waals surface area contributed by atoms with Gasteiger partial charge in [0.2, 0.25) is 0 Å². The highest BCUT2D eigenvalue weighted by Gasteiger charge is 2.16. The third-order valence-corrected chi connectivity index (χ3v) is 3.67. The van der Waals surface area contributed by atoms with Crippen LogP contribution < -0.4 is 10.1 Å². The first kappa shape index (κ1) is 18.0. The van der Waals surface area contributed by atoms with Crippen LogP contribution >= 0.6 is 15.9 Å². The van der Waals surface area contributed by atoms with Crippen molar-refractivity contribution in [1.82, 2.24) is 0 Å². The lowest BCUT2D eigenvalue weighted by molar-refractivity contribution is -0.122. The second-order valence-electron chi connectivity index (χ2n) is 5.00. The SMILES string of the molecule is CCOC(=O)c1cccc(O[C@H](C)C(=O)Nc2ccc(Br)cc2)c1. The molecule has 5 nitrogen and oxygen atoms in total. The van der Waals surface area contributed by atoms with Crippen molar-refractivity contribution in [2.24, 2.45) is 0 Å². The Morgan fingerprint density at radius 1 is 1.17 bits per heavy atom. The molecule has 0 aromatic heterocycles. The molecule has 0 aliphatic carbocycles. The minimum absolute atomic E-state index is 0.279. The summed E-state index contributed by atoms with van der Waals surface area (Å²) in [5.41, 5.74) is 1.06. The van der Waals surface area contributed by atoms with Gasteiger partial charge in [0.15, 0.2) is 6.10 Å². The number of hydrogen-bond donors (Lipinski definition) is 1. The number of hydrogen-bond acceptors (Lipinski definition) is 4. The average molecular weight is 392 g/mol. The fourth-order valence-electron chi connectivity index (χ4n) is 1.95. The van der Waals surface area contributed by atoms with E-state index in [1.807, 2.05) is 12.1 Å². The number of rotatable bonds is 6. The fourth-order valence-corrected chi connectivity index (χ4v) is 2.21. The quantitative estimate of drug-likeness (QED) is 0.754. The van der Waals surface area contributed by atoms with Crippen molar-refractivity contribution in [3.8, 4) is 5.75 Å². The van der Waals surface area contributed by atoms with Crippen molar-refractivity contribution >= 4 is 33.5 Å². The van der Waals surface area contributed by atoms with Crippen LogP contribution in [0.2, 0.25) is 0 Å². The first-order valence-electron chi connectivity index (χ1n) is 7.50. The normalized spacial score (nSPS) is 11.5. The Balaban J connectivity index is 1.99. The summed E-state index contributed by atoms with van der Waals surface area (Å²) < 4.78 is 11.5. The Morgan fingerprint density at radius 2 is 1.88 bits per heavy atom. The molecule has 1 atom stereocenters. The van der Waals surface area contributed by atoms with Crippen LogP contribution in [0.15, 0.2) is 53.0 Å². The van der Waals surface area contributed by atoms with E-state index in [4.69, 9.17) is 9.47 Å². The Bertz CT molecular complexity index is 715. The molecule has 2 rings (SSSR count). The Labute approximate surface area is 149 Å². The smallest absolute Gasteiger partial charge is 0.338 e. The van der Waals surface area contributed by atoms with Crippen LogP contribution in [0.1, 0.15) is 24.2 Å². The lowest BCUT2D eigenvalue weighted by Crippen LogP contribution is -2.30. The van der Waals surface area contributed by atoms with Crippen LogP contribution in [-0.4, -0.2) is 24.6 Å². The third kappa shape index (κ3) is 5.09. The number of carbonyl (C=O) groups excluding carboxylic acids is 2. The molecule has 2 aromatic carbocycles. The van der Waals surface area contributed by atoms with Crippen molar-refractivity contribution in [3.63, 3.8) is 0 Å². The van der Waals surface area contributed by atoms with Gasteiger partial charge in [-0.05, 0) is 56.3 Å². The molecule has 1 N–H and O–H groups in total. The monoisotopic (exact) mass is 391 g/mol. The maximum absolute atomic E-state index is 12.2. The highest BCUT2D eigenvalue weighted by atomic mass is 79.9. The van der Waals surface area contributed by atoms with Gasteiger partial charge in [0.1, 0.15) is 5.75 Å². The Morgan fingerprint density at radius 3 is 2.54 bits per heavy atom. The van der Waals surface area contributed by atoms with Gasteiger partial charge in [-0.1, -0.05) is 22.0 Å². The van der Waals surface area contributed by atoms with Crippen LogP contribution in [0.25, 0.3) is 0 Å². The zero-order chi connectivity index (χ0) is 17.5. The van der Waals surface area contributed by atoms with Crippen LogP contribution in [0.5, 0.6) is 5.75 Å². The third-order valence-electron chi connectivity index (χ3n) is 3.14. The molecule has 0 radical (unpaired) electrons. The van der Waals surface area contributed by atoms with E-state index < -0.39 is 12.1 Å². The first-order valence-corrected chi connectivity index (χ1v) is 8.29. The van der Waals surface area contributed by atoms with E-state index in [2.05, 4.69) is 21.2 Å². The van der Waals surface area contributed by atoms with Gasteiger partial charge in [0.25, 0.3) is 5.91 Å². The van der Waals surface area contributed by atoms with Crippen LogP contribution in [0.4, 0.5) is 5.69 Å². The van der Waals surface area contributed by atoms with Gasteiger partial charge in [-0.2, -0.15) is 0 Å². The predicted molar refractivity (Wildman–Crippen MR) is 95.3 cm³/mol. The number of ether oxygens (including phenoxy) is 2. The lowest BCUT2D eigenvalue weighted by Gasteiger charge is -2.15. The summed E-state index contributed by atoms with van der Waals surface area (Å²) in [5, 5.41) is 2.77. The van der Waals surface area contributed by atoms with Gasteiger partial charge in [-0.15, -0.1) is 0 Å². The molecule has 0 heterocycles. The molecule has 0 aliphatic heterocycles. The van der Waals surface area contributed by atoms with E-state index in [-0.39, 0.29) is 5.91 Å². The van der Waals surface area contributed by atoms with Crippen molar-refractivity contribution in [2.45, 2.75) is 20.0 Å². The van der Waals surface area contributed by atoms with Crippen molar-refractivity contribution in [3.05, 3.63) is 58.6 Å². The van der Waals surface area contributed by atoms with Crippen LogP contribution in [0, 0.1) is 0 Å². The minimum Gasteiger partial charge on any atom is -0.481 e. The summed E-state index contributed by atoms with van der Waals surface area (Å²) >= 11 is 3.34. The van der Waals surface area contributed by atoms with Gasteiger partial charge in [0, 0.05) is 10.2 Å². The zero-order valence-corrected chi connectivity index (χ0v) is 15.0. The average Bonchev–Trinajstić information content (AvgIpc) is 2.57. The highest BCUT2D eigenvalue weighted by molar-refractivity contribution is 9.10. The Hall–Kier alpha value is -2.34. The molecule has 24 heavy (non-hydrogen) atoms. The lowest BCUT2D eigenvalue weighted by atomic mass is 10.2. The van der Waals surface area contributed by atoms with E-state index >= 15 is 0 Å². The van der Waals surface area contributed by atoms with Crippen LogP contribution in [-0.2, 0) is 9.53 Å². The maximum atomic E-state index is 12.2. The molecule has 0 bridgehead atoms. The molecule has 0 saturated carbocycles. The molecule has 6 heteroatoms. The van der Waals surface area contributed by atoms with Gasteiger partial charge < -0.3 is 14.8 Å². The van der Waals surface area contributed by atoms with Crippen molar-refractivity contribution in [2.75, 3.05) is 11.9 Å².